The van der Waals surface area contributed by atoms with E-state index in [1.165, 1.54) is 22.7 Å². The number of carbonyl (C=O) groups is 2. The molecule has 0 saturated carbocycles. The fraction of sp³-hybridized carbons (Fsp3) is 0.167. The maximum Gasteiger partial charge on any atom is 0.338 e. The Morgan fingerprint density at radius 2 is 2.05 bits per heavy atom. The van der Waals surface area contributed by atoms with Crippen LogP contribution in [0.4, 0.5) is 5.00 Å². The van der Waals surface area contributed by atoms with Crippen LogP contribution in [0.1, 0.15) is 30.5 Å². The van der Waals surface area contributed by atoms with Gasteiger partial charge in [-0.1, -0.05) is 11.6 Å². The van der Waals surface area contributed by atoms with Crippen molar-refractivity contribution in [3.8, 4) is 0 Å². The topological polar surface area (TPSA) is 66.4 Å². The number of thiophene rings is 2. The Morgan fingerprint density at radius 3 is 2.58 bits per heavy atom. The van der Waals surface area contributed by atoms with Crippen molar-refractivity contribution in [2.24, 2.45) is 0 Å². The summed E-state index contributed by atoms with van der Waals surface area (Å²) in [6.07, 6.45) is 0. The molecule has 0 saturated heterocycles. The van der Waals surface area contributed by atoms with Crippen molar-refractivity contribution in [3.05, 3.63) is 37.4 Å². The third-order valence-corrected chi connectivity index (χ3v) is 5.11. The number of carbonyl (C=O) groups excluding carboxylic acids is 1. The van der Waals surface area contributed by atoms with Crippen LogP contribution in [0.2, 0.25) is 5.02 Å². The number of anilines is 1. The van der Waals surface area contributed by atoms with Crippen molar-refractivity contribution >= 4 is 51.2 Å². The first-order valence-electron chi connectivity index (χ1n) is 5.29. The molecule has 2 N–H and O–H groups in total. The summed E-state index contributed by atoms with van der Waals surface area (Å²) in [5.41, 5.74) is 0.814. The average molecular weight is 316 g/mol. The lowest BCUT2D eigenvalue weighted by Crippen LogP contribution is -2.12. The average Bonchev–Trinajstić information content (AvgIpc) is 2.84. The summed E-state index contributed by atoms with van der Waals surface area (Å²) in [4.78, 5) is 24.5. The number of aromatic carboxylic acids is 1. The monoisotopic (exact) mass is 315 g/mol. The molecule has 7 heteroatoms. The second-order valence-electron chi connectivity index (χ2n) is 3.84. The third-order valence-electron chi connectivity index (χ3n) is 2.65. The van der Waals surface area contributed by atoms with Gasteiger partial charge in [-0.3, -0.25) is 4.79 Å². The number of hydrogen-bond donors (Lipinski definition) is 2. The van der Waals surface area contributed by atoms with Crippen molar-refractivity contribution in [2.45, 2.75) is 13.8 Å². The summed E-state index contributed by atoms with van der Waals surface area (Å²) in [6.45, 7) is 3.54. The molecule has 2 rings (SSSR count). The fourth-order valence-electron chi connectivity index (χ4n) is 1.59. The Balaban J connectivity index is 2.35. The first-order valence-corrected chi connectivity index (χ1v) is 7.37. The van der Waals surface area contributed by atoms with Gasteiger partial charge in [0.25, 0.3) is 5.91 Å². The predicted molar refractivity (Wildman–Crippen MR) is 78.0 cm³/mol. The molecule has 1 amide bonds. The molecule has 0 aromatic carbocycles. The summed E-state index contributed by atoms with van der Waals surface area (Å²) < 4.78 is 0. The highest BCUT2D eigenvalue weighted by Gasteiger charge is 2.21. The summed E-state index contributed by atoms with van der Waals surface area (Å²) >= 11 is 8.34. The van der Waals surface area contributed by atoms with E-state index >= 15 is 0 Å². The molecule has 0 fully saturated rings. The van der Waals surface area contributed by atoms with Gasteiger partial charge in [0.1, 0.15) is 9.88 Å². The van der Waals surface area contributed by atoms with Crippen molar-refractivity contribution in [2.75, 3.05) is 5.32 Å². The zero-order chi connectivity index (χ0) is 14.2. The van der Waals surface area contributed by atoms with E-state index in [0.29, 0.717) is 20.5 Å². The highest BCUT2D eigenvalue weighted by molar-refractivity contribution is 7.17. The van der Waals surface area contributed by atoms with Crippen LogP contribution in [0.25, 0.3) is 0 Å². The van der Waals surface area contributed by atoms with Crippen molar-refractivity contribution in [3.63, 3.8) is 0 Å². The molecule has 0 bridgehead atoms. The lowest BCUT2D eigenvalue weighted by molar-refractivity contribution is 0.0697. The Morgan fingerprint density at radius 1 is 1.37 bits per heavy atom. The van der Waals surface area contributed by atoms with Crippen LogP contribution >= 0.6 is 34.3 Å². The van der Waals surface area contributed by atoms with Gasteiger partial charge in [0.2, 0.25) is 0 Å². The number of carboxylic acid groups (broad SMARTS) is 1. The number of carboxylic acids is 1. The standard InChI is InChI=1S/C12H10ClNO3S2/c1-5-6(2)19-11(8(5)12(16)17)14-10(15)9-7(13)3-4-18-9/h3-4H,1-2H3,(H,14,15)(H,16,17). The van der Waals surface area contributed by atoms with E-state index in [-0.39, 0.29) is 11.5 Å². The van der Waals surface area contributed by atoms with E-state index in [1.807, 2.05) is 6.92 Å². The second-order valence-corrected chi connectivity index (χ2v) is 6.39. The molecule has 2 heterocycles. The van der Waals surface area contributed by atoms with Crippen LogP contribution < -0.4 is 5.32 Å². The van der Waals surface area contributed by atoms with Gasteiger partial charge in [0.15, 0.2) is 0 Å². The Bertz CT molecular complexity index is 660. The van der Waals surface area contributed by atoms with E-state index in [9.17, 15) is 14.7 Å². The van der Waals surface area contributed by atoms with Crippen molar-refractivity contribution in [1.29, 1.82) is 0 Å². The molecule has 0 aliphatic carbocycles. The number of rotatable bonds is 3. The normalized spacial score (nSPS) is 10.5. The molecular weight excluding hydrogens is 306 g/mol. The molecule has 2 aromatic heterocycles. The van der Waals surface area contributed by atoms with Gasteiger partial charge in [-0.25, -0.2) is 4.79 Å². The van der Waals surface area contributed by atoms with Gasteiger partial charge in [0, 0.05) is 4.88 Å². The molecule has 0 spiro atoms. The van der Waals surface area contributed by atoms with Crippen LogP contribution in [-0.4, -0.2) is 17.0 Å². The second kappa shape index (κ2) is 5.32. The highest BCUT2D eigenvalue weighted by atomic mass is 35.5. The summed E-state index contributed by atoms with van der Waals surface area (Å²) in [5, 5.41) is 14.2. The lowest BCUT2D eigenvalue weighted by Gasteiger charge is -2.03. The highest BCUT2D eigenvalue weighted by Crippen LogP contribution is 2.33. The number of nitrogens with one attached hydrogen (secondary N) is 1. The summed E-state index contributed by atoms with van der Waals surface area (Å²) in [7, 11) is 0. The molecule has 100 valence electrons. The maximum absolute atomic E-state index is 12.0. The SMILES string of the molecule is Cc1sc(NC(=O)c2sccc2Cl)c(C(=O)O)c1C. The van der Waals surface area contributed by atoms with E-state index < -0.39 is 5.97 Å². The number of amides is 1. The van der Waals surface area contributed by atoms with Gasteiger partial charge in [-0.15, -0.1) is 22.7 Å². The summed E-state index contributed by atoms with van der Waals surface area (Å²) in [6, 6.07) is 1.63. The first-order chi connectivity index (χ1) is 8.91. The van der Waals surface area contributed by atoms with Gasteiger partial charge < -0.3 is 10.4 Å². The molecule has 0 aliphatic heterocycles. The number of halogens is 1. The third kappa shape index (κ3) is 2.65. The van der Waals surface area contributed by atoms with E-state index in [0.717, 1.165) is 4.88 Å². The van der Waals surface area contributed by atoms with Gasteiger partial charge in [-0.05, 0) is 30.9 Å². The van der Waals surface area contributed by atoms with Crippen molar-refractivity contribution in [1.82, 2.24) is 0 Å². The van der Waals surface area contributed by atoms with Crippen LogP contribution in [-0.2, 0) is 0 Å². The van der Waals surface area contributed by atoms with Gasteiger partial charge in [-0.2, -0.15) is 0 Å². The molecule has 19 heavy (non-hydrogen) atoms. The zero-order valence-corrected chi connectivity index (χ0v) is 12.5. The quantitative estimate of drug-likeness (QED) is 0.898. The van der Waals surface area contributed by atoms with E-state index in [4.69, 9.17) is 11.6 Å². The molecule has 0 radical (unpaired) electrons. The van der Waals surface area contributed by atoms with Gasteiger partial charge >= 0.3 is 5.97 Å². The number of aryl methyl sites for hydroxylation is 1. The van der Waals surface area contributed by atoms with Crippen LogP contribution in [0.3, 0.4) is 0 Å². The molecule has 2 aromatic rings. The zero-order valence-electron chi connectivity index (χ0n) is 10.1. The smallest absolute Gasteiger partial charge is 0.338 e. The Labute approximate surface area is 122 Å². The predicted octanol–water partition coefficient (Wildman–Crippen LogP) is 4.03. The van der Waals surface area contributed by atoms with Crippen LogP contribution in [0.15, 0.2) is 11.4 Å². The Kier molecular flexibility index (Phi) is 3.93. The lowest BCUT2D eigenvalue weighted by atomic mass is 10.1. The molecular formula is C12H10ClNO3S2. The molecule has 0 aliphatic rings. The minimum absolute atomic E-state index is 0.142. The molecule has 0 unspecified atom stereocenters. The van der Waals surface area contributed by atoms with Crippen molar-refractivity contribution < 1.29 is 14.7 Å². The minimum atomic E-state index is -1.05. The van der Waals surface area contributed by atoms with Crippen LogP contribution in [0.5, 0.6) is 0 Å². The number of hydrogen-bond acceptors (Lipinski definition) is 4. The van der Waals surface area contributed by atoms with Gasteiger partial charge in [0.05, 0.1) is 10.6 Å². The van der Waals surface area contributed by atoms with Crippen LogP contribution in [0, 0.1) is 13.8 Å². The minimum Gasteiger partial charge on any atom is -0.478 e. The largest absolute Gasteiger partial charge is 0.478 e. The molecule has 4 nitrogen and oxygen atoms in total. The maximum atomic E-state index is 12.0. The Hall–Kier alpha value is -1.37. The molecule has 0 atom stereocenters. The van der Waals surface area contributed by atoms with E-state index in [1.54, 1.807) is 18.4 Å². The first kappa shape index (κ1) is 14.0. The summed E-state index contributed by atoms with van der Waals surface area (Å²) in [5.74, 6) is -1.43. The fourth-order valence-corrected chi connectivity index (χ4v) is 3.67. The van der Waals surface area contributed by atoms with E-state index in [2.05, 4.69) is 5.32 Å².